The summed E-state index contributed by atoms with van der Waals surface area (Å²) in [5.74, 6) is -0.0444. The molecule has 17 heavy (non-hydrogen) atoms. The molecule has 0 aliphatic rings. The maximum Gasteiger partial charge on any atom is 0.309 e. The number of methoxy groups -OCH3 is 1. The molecular weight excluding hydrogens is 298 g/mol. The largest absolute Gasteiger partial charge is 0.486 e. The van der Waals surface area contributed by atoms with E-state index >= 15 is 0 Å². The van der Waals surface area contributed by atoms with Crippen LogP contribution in [0.5, 0.6) is 5.75 Å². The number of hydrogen-bond acceptors (Lipinski definition) is 3. The SMILES string of the molecule is COC(=O)Cc1ccc(OCC(F)F)c(Br)c1. The molecule has 0 saturated carbocycles. The zero-order valence-electron chi connectivity index (χ0n) is 9.08. The molecule has 0 bridgehead atoms. The Bertz CT molecular complexity index is 396. The smallest absolute Gasteiger partial charge is 0.309 e. The highest BCUT2D eigenvalue weighted by molar-refractivity contribution is 9.10. The summed E-state index contributed by atoms with van der Waals surface area (Å²) in [7, 11) is 1.30. The van der Waals surface area contributed by atoms with Gasteiger partial charge in [-0.15, -0.1) is 0 Å². The van der Waals surface area contributed by atoms with E-state index in [-0.39, 0.29) is 12.4 Å². The van der Waals surface area contributed by atoms with Crippen molar-refractivity contribution in [1.82, 2.24) is 0 Å². The Morgan fingerprint density at radius 1 is 1.47 bits per heavy atom. The predicted molar refractivity (Wildman–Crippen MR) is 61.4 cm³/mol. The Morgan fingerprint density at radius 3 is 2.71 bits per heavy atom. The molecule has 3 nitrogen and oxygen atoms in total. The van der Waals surface area contributed by atoms with Gasteiger partial charge in [-0.2, -0.15) is 0 Å². The summed E-state index contributed by atoms with van der Waals surface area (Å²) in [4.78, 5) is 11.0. The molecule has 1 aromatic rings. The summed E-state index contributed by atoms with van der Waals surface area (Å²) < 4.78 is 33.8. The van der Waals surface area contributed by atoms with Gasteiger partial charge in [0.05, 0.1) is 18.0 Å². The van der Waals surface area contributed by atoms with Gasteiger partial charge in [-0.3, -0.25) is 4.79 Å². The summed E-state index contributed by atoms with van der Waals surface area (Å²) in [6.07, 6.45) is -2.39. The minimum Gasteiger partial charge on any atom is -0.486 e. The molecular formula is C11H11BrF2O3. The van der Waals surface area contributed by atoms with Crippen molar-refractivity contribution >= 4 is 21.9 Å². The molecule has 0 radical (unpaired) electrons. The van der Waals surface area contributed by atoms with Crippen LogP contribution in [0.2, 0.25) is 0 Å². The van der Waals surface area contributed by atoms with Crippen LogP contribution in [0.3, 0.4) is 0 Å². The fraction of sp³-hybridized carbons (Fsp3) is 0.364. The normalized spacial score (nSPS) is 10.4. The molecule has 94 valence electrons. The number of rotatable bonds is 5. The molecule has 6 heteroatoms. The van der Waals surface area contributed by atoms with Crippen molar-refractivity contribution in [1.29, 1.82) is 0 Å². The van der Waals surface area contributed by atoms with Gasteiger partial charge in [0.2, 0.25) is 0 Å². The monoisotopic (exact) mass is 308 g/mol. The van der Waals surface area contributed by atoms with Crippen LogP contribution in [0.15, 0.2) is 22.7 Å². The van der Waals surface area contributed by atoms with Gasteiger partial charge in [0.15, 0.2) is 0 Å². The van der Waals surface area contributed by atoms with Crippen molar-refractivity contribution in [3.63, 3.8) is 0 Å². The van der Waals surface area contributed by atoms with E-state index < -0.39 is 13.0 Å². The number of alkyl halides is 2. The Morgan fingerprint density at radius 2 is 2.18 bits per heavy atom. The lowest BCUT2D eigenvalue weighted by Gasteiger charge is -2.08. The Labute approximate surface area is 106 Å². The van der Waals surface area contributed by atoms with Gasteiger partial charge in [0, 0.05) is 0 Å². The highest BCUT2D eigenvalue weighted by Crippen LogP contribution is 2.26. The number of ether oxygens (including phenoxy) is 2. The third-order valence-electron chi connectivity index (χ3n) is 1.94. The average molecular weight is 309 g/mol. The van der Waals surface area contributed by atoms with E-state index in [1.165, 1.54) is 13.2 Å². The van der Waals surface area contributed by atoms with Crippen LogP contribution in [0, 0.1) is 0 Å². The maximum absolute atomic E-state index is 11.9. The number of halogens is 3. The van der Waals surface area contributed by atoms with E-state index in [4.69, 9.17) is 4.74 Å². The summed E-state index contributed by atoms with van der Waals surface area (Å²) in [5.41, 5.74) is 0.716. The van der Waals surface area contributed by atoms with E-state index in [0.29, 0.717) is 15.8 Å². The summed E-state index contributed by atoms with van der Waals surface area (Å²) in [6.45, 7) is -0.658. The third-order valence-corrected chi connectivity index (χ3v) is 2.56. The lowest BCUT2D eigenvalue weighted by atomic mass is 10.1. The second-order valence-corrected chi connectivity index (χ2v) is 4.07. The number of benzene rings is 1. The van der Waals surface area contributed by atoms with E-state index in [1.54, 1.807) is 12.1 Å². The lowest BCUT2D eigenvalue weighted by Crippen LogP contribution is -2.08. The second kappa shape index (κ2) is 6.54. The average Bonchev–Trinajstić information content (AvgIpc) is 2.27. The van der Waals surface area contributed by atoms with Crippen molar-refractivity contribution in [3.05, 3.63) is 28.2 Å². The van der Waals surface area contributed by atoms with Crippen molar-refractivity contribution in [2.24, 2.45) is 0 Å². The van der Waals surface area contributed by atoms with Crippen LogP contribution in [-0.4, -0.2) is 26.1 Å². The quantitative estimate of drug-likeness (QED) is 0.785. The van der Waals surface area contributed by atoms with Crippen LogP contribution in [0.4, 0.5) is 8.78 Å². The molecule has 0 aromatic heterocycles. The van der Waals surface area contributed by atoms with Crippen LogP contribution in [-0.2, 0) is 16.0 Å². The molecule has 0 saturated heterocycles. The van der Waals surface area contributed by atoms with Crippen LogP contribution in [0.1, 0.15) is 5.56 Å². The Kier molecular flexibility index (Phi) is 5.34. The Balaban J connectivity index is 2.69. The molecule has 0 atom stereocenters. The first-order valence-corrected chi connectivity index (χ1v) is 5.58. The summed E-state index contributed by atoms with van der Waals surface area (Å²) >= 11 is 3.19. The minimum absolute atomic E-state index is 0.129. The van der Waals surface area contributed by atoms with Crippen molar-refractivity contribution < 1.29 is 23.0 Å². The maximum atomic E-state index is 11.9. The van der Waals surface area contributed by atoms with Crippen molar-refractivity contribution in [2.45, 2.75) is 12.8 Å². The van der Waals surface area contributed by atoms with Crippen LogP contribution in [0.25, 0.3) is 0 Å². The number of esters is 1. The molecule has 0 N–H and O–H groups in total. The van der Waals surface area contributed by atoms with Gasteiger partial charge in [0.25, 0.3) is 6.43 Å². The van der Waals surface area contributed by atoms with E-state index in [0.717, 1.165) is 0 Å². The standard InChI is InChI=1S/C11H11BrF2O3/c1-16-11(15)5-7-2-3-9(8(12)4-7)17-6-10(13)14/h2-4,10H,5-6H2,1H3. The van der Waals surface area contributed by atoms with Gasteiger partial charge in [-0.1, -0.05) is 6.07 Å². The first-order valence-electron chi connectivity index (χ1n) is 4.79. The molecule has 0 amide bonds. The van der Waals surface area contributed by atoms with Gasteiger partial charge in [-0.05, 0) is 33.6 Å². The molecule has 0 aliphatic heterocycles. The highest BCUT2D eigenvalue weighted by Gasteiger charge is 2.09. The Hall–Kier alpha value is -1.17. The summed E-state index contributed by atoms with van der Waals surface area (Å²) in [5, 5.41) is 0. The zero-order valence-corrected chi connectivity index (χ0v) is 10.7. The van der Waals surface area contributed by atoms with Gasteiger partial charge >= 0.3 is 5.97 Å². The fourth-order valence-corrected chi connectivity index (χ4v) is 1.70. The number of carbonyl (C=O) groups excluding carboxylic acids is 1. The highest BCUT2D eigenvalue weighted by atomic mass is 79.9. The first kappa shape index (κ1) is 13.9. The van der Waals surface area contributed by atoms with E-state index in [9.17, 15) is 13.6 Å². The molecule has 1 aromatic carbocycles. The summed E-state index contributed by atoms with van der Waals surface area (Å²) in [6, 6.07) is 4.80. The lowest BCUT2D eigenvalue weighted by molar-refractivity contribution is -0.139. The molecule has 0 unspecified atom stereocenters. The fourth-order valence-electron chi connectivity index (χ4n) is 1.16. The van der Waals surface area contributed by atoms with Crippen molar-refractivity contribution in [3.8, 4) is 5.75 Å². The second-order valence-electron chi connectivity index (χ2n) is 3.22. The van der Waals surface area contributed by atoms with Crippen molar-refractivity contribution in [2.75, 3.05) is 13.7 Å². The van der Waals surface area contributed by atoms with Gasteiger partial charge in [-0.25, -0.2) is 8.78 Å². The predicted octanol–water partition coefficient (Wildman–Crippen LogP) is 2.81. The zero-order chi connectivity index (χ0) is 12.8. The molecule has 0 aliphatic carbocycles. The molecule has 0 spiro atoms. The van der Waals surface area contributed by atoms with Crippen LogP contribution >= 0.6 is 15.9 Å². The molecule has 0 fully saturated rings. The van der Waals surface area contributed by atoms with Crippen LogP contribution < -0.4 is 4.74 Å². The number of hydrogen-bond donors (Lipinski definition) is 0. The topological polar surface area (TPSA) is 35.5 Å². The van der Waals surface area contributed by atoms with Gasteiger partial charge < -0.3 is 9.47 Å². The van der Waals surface area contributed by atoms with E-state index in [2.05, 4.69) is 20.7 Å². The number of carbonyl (C=O) groups is 1. The molecule has 1 rings (SSSR count). The third kappa shape index (κ3) is 4.68. The first-order chi connectivity index (χ1) is 8.02. The van der Waals surface area contributed by atoms with Gasteiger partial charge in [0.1, 0.15) is 12.4 Å². The minimum atomic E-state index is -2.52. The molecule has 0 heterocycles. The van der Waals surface area contributed by atoms with E-state index in [1.807, 2.05) is 0 Å².